The Balaban J connectivity index is 2.10. The Morgan fingerprint density at radius 3 is 2.60 bits per heavy atom. The molecule has 0 aromatic carbocycles. The fourth-order valence-electron chi connectivity index (χ4n) is 3.56. The van der Waals surface area contributed by atoms with Crippen LogP contribution in [-0.2, 0) is 0 Å². The van der Waals surface area contributed by atoms with Gasteiger partial charge in [0, 0.05) is 18.4 Å². The SMILES string of the molecule is CCCNC(c1cnccc1C)C1CCC(CC)CC1. The number of aryl methyl sites for hydroxylation is 1. The van der Waals surface area contributed by atoms with Crippen LogP contribution in [0.2, 0.25) is 0 Å². The van der Waals surface area contributed by atoms with E-state index >= 15 is 0 Å². The first kappa shape index (κ1) is 15.5. The first-order chi connectivity index (χ1) is 9.76. The van der Waals surface area contributed by atoms with Crippen LogP contribution in [0.5, 0.6) is 0 Å². The van der Waals surface area contributed by atoms with Crippen LogP contribution < -0.4 is 5.32 Å². The van der Waals surface area contributed by atoms with E-state index in [1.807, 2.05) is 6.20 Å². The third-order valence-electron chi connectivity index (χ3n) is 4.97. The lowest BCUT2D eigenvalue weighted by molar-refractivity contribution is 0.218. The summed E-state index contributed by atoms with van der Waals surface area (Å²) in [6.07, 6.45) is 12.1. The van der Waals surface area contributed by atoms with E-state index in [9.17, 15) is 0 Å². The van der Waals surface area contributed by atoms with Crippen molar-refractivity contribution in [1.82, 2.24) is 10.3 Å². The molecule has 1 aliphatic carbocycles. The average Bonchev–Trinajstić information content (AvgIpc) is 2.50. The number of rotatable bonds is 6. The molecule has 0 radical (unpaired) electrons. The molecule has 112 valence electrons. The second kappa shape index (κ2) is 7.78. The Labute approximate surface area is 124 Å². The molecule has 1 aromatic heterocycles. The molecule has 20 heavy (non-hydrogen) atoms. The van der Waals surface area contributed by atoms with Crippen molar-refractivity contribution in [1.29, 1.82) is 0 Å². The third kappa shape index (κ3) is 3.82. The Morgan fingerprint density at radius 2 is 2.00 bits per heavy atom. The summed E-state index contributed by atoms with van der Waals surface area (Å²) in [5.74, 6) is 1.75. The molecule has 2 nitrogen and oxygen atoms in total. The van der Waals surface area contributed by atoms with Crippen molar-refractivity contribution in [2.75, 3.05) is 6.54 Å². The Bertz CT molecular complexity index is 394. The second-order valence-corrected chi connectivity index (χ2v) is 6.35. The van der Waals surface area contributed by atoms with Gasteiger partial charge in [-0.25, -0.2) is 0 Å². The van der Waals surface area contributed by atoms with Crippen LogP contribution in [0, 0.1) is 18.8 Å². The molecule has 2 heteroatoms. The maximum Gasteiger partial charge on any atom is 0.0366 e. The first-order valence-electron chi connectivity index (χ1n) is 8.40. The van der Waals surface area contributed by atoms with Gasteiger partial charge in [-0.2, -0.15) is 0 Å². The maximum atomic E-state index is 4.36. The quantitative estimate of drug-likeness (QED) is 0.817. The molecular weight excluding hydrogens is 244 g/mol. The maximum absolute atomic E-state index is 4.36. The number of aromatic nitrogens is 1. The van der Waals surface area contributed by atoms with Crippen molar-refractivity contribution in [3.8, 4) is 0 Å². The number of hydrogen-bond donors (Lipinski definition) is 1. The zero-order valence-electron chi connectivity index (χ0n) is 13.4. The van der Waals surface area contributed by atoms with E-state index in [4.69, 9.17) is 0 Å². The average molecular weight is 274 g/mol. The largest absolute Gasteiger partial charge is 0.310 e. The van der Waals surface area contributed by atoms with Crippen molar-refractivity contribution in [3.63, 3.8) is 0 Å². The highest BCUT2D eigenvalue weighted by Gasteiger charge is 2.28. The number of pyridine rings is 1. The third-order valence-corrected chi connectivity index (χ3v) is 4.97. The molecule has 1 unspecified atom stereocenters. The van der Waals surface area contributed by atoms with Crippen LogP contribution in [-0.4, -0.2) is 11.5 Å². The fraction of sp³-hybridized carbons (Fsp3) is 0.722. The molecule has 0 spiro atoms. The summed E-state index contributed by atoms with van der Waals surface area (Å²) in [7, 11) is 0. The highest BCUT2D eigenvalue weighted by atomic mass is 14.9. The molecule has 1 heterocycles. The molecule has 0 bridgehead atoms. The van der Waals surface area contributed by atoms with E-state index in [0.717, 1.165) is 18.4 Å². The van der Waals surface area contributed by atoms with Gasteiger partial charge < -0.3 is 5.32 Å². The number of nitrogens with zero attached hydrogens (tertiary/aromatic N) is 1. The summed E-state index contributed by atoms with van der Waals surface area (Å²) in [4.78, 5) is 4.36. The summed E-state index contributed by atoms with van der Waals surface area (Å²) in [6.45, 7) is 7.90. The topological polar surface area (TPSA) is 24.9 Å². The van der Waals surface area contributed by atoms with Gasteiger partial charge in [-0.3, -0.25) is 4.98 Å². The van der Waals surface area contributed by atoms with Gasteiger partial charge in [-0.15, -0.1) is 0 Å². The van der Waals surface area contributed by atoms with E-state index in [2.05, 4.69) is 43.3 Å². The van der Waals surface area contributed by atoms with Gasteiger partial charge in [0.2, 0.25) is 0 Å². The van der Waals surface area contributed by atoms with Crippen molar-refractivity contribution in [3.05, 3.63) is 29.6 Å². The molecule has 2 rings (SSSR count). The minimum atomic E-state index is 0.501. The summed E-state index contributed by atoms with van der Waals surface area (Å²) in [5, 5.41) is 3.79. The summed E-state index contributed by atoms with van der Waals surface area (Å²) in [6, 6.07) is 2.65. The van der Waals surface area contributed by atoms with Crippen LogP contribution >= 0.6 is 0 Å². The molecule has 1 atom stereocenters. The van der Waals surface area contributed by atoms with Gasteiger partial charge in [-0.05, 0) is 61.8 Å². The van der Waals surface area contributed by atoms with Gasteiger partial charge in [0.25, 0.3) is 0 Å². The van der Waals surface area contributed by atoms with E-state index in [-0.39, 0.29) is 0 Å². The number of nitrogens with one attached hydrogen (secondary N) is 1. The Morgan fingerprint density at radius 1 is 1.25 bits per heavy atom. The lowest BCUT2D eigenvalue weighted by Gasteiger charge is -2.35. The minimum Gasteiger partial charge on any atom is -0.310 e. The van der Waals surface area contributed by atoms with Crippen molar-refractivity contribution < 1.29 is 0 Å². The van der Waals surface area contributed by atoms with E-state index in [1.165, 1.54) is 49.7 Å². The van der Waals surface area contributed by atoms with Crippen molar-refractivity contribution in [2.24, 2.45) is 11.8 Å². The monoisotopic (exact) mass is 274 g/mol. The lowest BCUT2D eigenvalue weighted by Crippen LogP contribution is -2.32. The summed E-state index contributed by atoms with van der Waals surface area (Å²) in [5.41, 5.74) is 2.80. The molecule has 0 amide bonds. The van der Waals surface area contributed by atoms with Gasteiger partial charge in [-0.1, -0.05) is 33.1 Å². The molecule has 0 aliphatic heterocycles. The zero-order chi connectivity index (χ0) is 14.4. The first-order valence-corrected chi connectivity index (χ1v) is 8.40. The van der Waals surface area contributed by atoms with Crippen LogP contribution in [0.3, 0.4) is 0 Å². The van der Waals surface area contributed by atoms with Crippen LogP contribution in [0.25, 0.3) is 0 Å². The van der Waals surface area contributed by atoms with Gasteiger partial charge in [0.15, 0.2) is 0 Å². The van der Waals surface area contributed by atoms with Crippen molar-refractivity contribution >= 4 is 0 Å². The molecule has 1 N–H and O–H groups in total. The van der Waals surface area contributed by atoms with Crippen LogP contribution in [0.4, 0.5) is 0 Å². The molecule has 1 aromatic rings. The Hall–Kier alpha value is -0.890. The molecule has 1 aliphatic rings. The van der Waals surface area contributed by atoms with Gasteiger partial charge in [0.1, 0.15) is 0 Å². The van der Waals surface area contributed by atoms with Crippen molar-refractivity contribution in [2.45, 2.75) is 65.3 Å². The second-order valence-electron chi connectivity index (χ2n) is 6.35. The normalized spacial score (nSPS) is 24.6. The summed E-state index contributed by atoms with van der Waals surface area (Å²) < 4.78 is 0. The number of hydrogen-bond acceptors (Lipinski definition) is 2. The van der Waals surface area contributed by atoms with E-state index in [1.54, 1.807) is 0 Å². The fourth-order valence-corrected chi connectivity index (χ4v) is 3.56. The predicted octanol–water partition coefficient (Wildman–Crippen LogP) is 4.65. The highest BCUT2D eigenvalue weighted by Crippen LogP contribution is 2.38. The van der Waals surface area contributed by atoms with E-state index in [0.29, 0.717) is 6.04 Å². The smallest absolute Gasteiger partial charge is 0.0366 e. The molecule has 0 saturated heterocycles. The van der Waals surface area contributed by atoms with E-state index < -0.39 is 0 Å². The summed E-state index contributed by atoms with van der Waals surface area (Å²) >= 11 is 0. The molecule has 1 saturated carbocycles. The molecule has 1 fully saturated rings. The van der Waals surface area contributed by atoms with Crippen LogP contribution in [0.15, 0.2) is 18.5 Å². The van der Waals surface area contributed by atoms with Gasteiger partial charge in [0.05, 0.1) is 0 Å². The van der Waals surface area contributed by atoms with Gasteiger partial charge >= 0.3 is 0 Å². The predicted molar refractivity (Wildman–Crippen MR) is 85.7 cm³/mol. The lowest BCUT2D eigenvalue weighted by atomic mass is 9.75. The van der Waals surface area contributed by atoms with Crippen LogP contribution in [0.1, 0.15) is 69.5 Å². The standard InChI is InChI=1S/C18H30N2/c1-4-11-20-18(17-13-19-12-10-14(17)3)16-8-6-15(5-2)7-9-16/h10,12-13,15-16,18,20H,4-9,11H2,1-3H3. The Kier molecular flexibility index (Phi) is 6.03. The minimum absolute atomic E-state index is 0.501. The molecular formula is C18H30N2. The highest BCUT2D eigenvalue weighted by molar-refractivity contribution is 5.26. The zero-order valence-corrected chi connectivity index (χ0v) is 13.4.